The maximum absolute atomic E-state index is 12.5. The highest BCUT2D eigenvalue weighted by Gasteiger charge is 2.30. The number of carbonyl (C=O) groups excluding carboxylic acids is 1. The van der Waals surface area contributed by atoms with Crippen LogP contribution in [0, 0.1) is 11.8 Å². The van der Waals surface area contributed by atoms with Crippen LogP contribution in [-0.4, -0.2) is 61.0 Å². The van der Waals surface area contributed by atoms with Crippen molar-refractivity contribution in [2.75, 3.05) is 39.3 Å². The lowest BCUT2D eigenvalue weighted by Gasteiger charge is -2.41. The molecule has 2 heterocycles. The van der Waals surface area contributed by atoms with Crippen LogP contribution in [0.3, 0.4) is 0 Å². The van der Waals surface area contributed by atoms with Gasteiger partial charge in [-0.1, -0.05) is 56.3 Å². The van der Waals surface area contributed by atoms with Gasteiger partial charge in [0.15, 0.2) is 0 Å². The SMILES string of the molecule is CC(C)/C=C/CN1CCC(N2CCC(C(=O)NCCc3ccccc3)CC2)CC1. The molecule has 0 aliphatic carbocycles. The highest BCUT2D eigenvalue weighted by Crippen LogP contribution is 2.24. The highest BCUT2D eigenvalue weighted by atomic mass is 16.1. The average molecular weight is 398 g/mol. The van der Waals surface area contributed by atoms with Crippen molar-refractivity contribution in [3.8, 4) is 0 Å². The minimum absolute atomic E-state index is 0.197. The molecule has 1 amide bonds. The molecule has 2 saturated heterocycles. The number of benzene rings is 1. The van der Waals surface area contributed by atoms with E-state index in [-0.39, 0.29) is 11.8 Å². The summed E-state index contributed by atoms with van der Waals surface area (Å²) in [5, 5.41) is 3.16. The van der Waals surface area contributed by atoms with Gasteiger partial charge in [0.2, 0.25) is 5.91 Å². The summed E-state index contributed by atoms with van der Waals surface area (Å²) >= 11 is 0. The fraction of sp³-hybridized carbons (Fsp3) is 0.640. The first kappa shape index (κ1) is 22.0. The van der Waals surface area contributed by atoms with E-state index in [1.165, 1.54) is 31.5 Å². The molecule has 29 heavy (non-hydrogen) atoms. The number of rotatable bonds is 8. The molecule has 0 unspecified atom stereocenters. The minimum Gasteiger partial charge on any atom is -0.356 e. The molecule has 1 aromatic rings. The van der Waals surface area contributed by atoms with Gasteiger partial charge < -0.3 is 10.2 Å². The second-order valence-electron chi connectivity index (χ2n) is 9.04. The van der Waals surface area contributed by atoms with Crippen molar-refractivity contribution in [2.45, 2.75) is 52.0 Å². The van der Waals surface area contributed by atoms with Gasteiger partial charge in [-0.05, 0) is 69.8 Å². The van der Waals surface area contributed by atoms with Gasteiger partial charge in [0.1, 0.15) is 0 Å². The molecule has 4 heteroatoms. The van der Waals surface area contributed by atoms with Gasteiger partial charge in [-0.25, -0.2) is 0 Å². The number of allylic oxidation sites excluding steroid dienone is 1. The molecule has 160 valence electrons. The molecule has 2 aliphatic heterocycles. The van der Waals surface area contributed by atoms with Crippen LogP contribution in [0.1, 0.15) is 45.1 Å². The van der Waals surface area contributed by atoms with E-state index in [4.69, 9.17) is 0 Å². The Bertz CT molecular complexity index is 627. The standard InChI is InChI=1S/C25H39N3O/c1-21(2)7-6-16-27-17-13-24(14-18-27)28-19-11-23(12-20-28)25(29)26-15-10-22-8-4-3-5-9-22/h3-9,21,23-24H,10-20H2,1-2H3,(H,26,29)/b7-6+. The third-order valence-corrected chi connectivity index (χ3v) is 6.41. The Kier molecular flexibility index (Phi) is 8.75. The lowest BCUT2D eigenvalue weighted by Crippen LogP contribution is -2.49. The van der Waals surface area contributed by atoms with Crippen LogP contribution in [-0.2, 0) is 11.2 Å². The molecule has 0 atom stereocenters. The van der Waals surface area contributed by atoms with Crippen LogP contribution in [0.5, 0.6) is 0 Å². The molecule has 0 spiro atoms. The molecule has 4 nitrogen and oxygen atoms in total. The summed E-state index contributed by atoms with van der Waals surface area (Å²) in [4.78, 5) is 17.7. The van der Waals surface area contributed by atoms with Crippen molar-refractivity contribution in [1.82, 2.24) is 15.1 Å². The van der Waals surface area contributed by atoms with E-state index in [0.29, 0.717) is 12.0 Å². The predicted molar refractivity (Wildman–Crippen MR) is 121 cm³/mol. The molecule has 2 fully saturated rings. The summed E-state index contributed by atoms with van der Waals surface area (Å²) in [5.41, 5.74) is 1.29. The summed E-state index contributed by atoms with van der Waals surface area (Å²) in [6.45, 7) is 10.9. The number of piperidine rings is 2. The van der Waals surface area contributed by atoms with Crippen molar-refractivity contribution in [3.63, 3.8) is 0 Å². The van der Waals surface area contributed by atoms with E-state index in [1.54, 1.807) is 0 Å². The first-order valence-electron chi connectivity index (χ1n) is 11.6. The van der Waals surface area contributed by atoms with E-state index in [0.717, 1.165) is 45.4 Å². The van der Waals surface area contributed by atoms with Crippen molar-refractivity contribution < 1.29 is 4.79 Å². The fourth-order valence-electron chi connectivity index (χ4n) is 4.60. The lowest BCUT2D eigenvalue weighted by atomic mass is 9.92. The Hall–Kier alpha value is -1.65. The smallest absolute Gasteiger partial charge is 0.223 e. The Balaban J connectivity index is 1.31. The summed E-state index contributed by atoms with van der Waals surface area (Å²) in [5.74, 6) is 1.10. The third-order valence-electron chi connectivity index (χ3n) is 6.41. The summed E-state index contributed by atoms with van der Waals surface area (Å²) < 4.78 is 0. The number of nitrogens with zero attached hydrogens (tertiary/aromatic N) is 2. The number of carbonyl (C=O) groups is 1. The number of amides is 1. The van der Waals surface area contributed by atoms with Crippen LogP contribution >= 0.6 is 0 Å². The monoisotopic (exact) mass is 397 g/mol. The fourth-order valence-corrected chi connectivity index (χ4v) is 4.60. The maximum atomic E-state index is 12.5. The van der Waals surface area contributed by atoms with Gasteiger partial charge >= 0.3 is 0 Å². The molecule has 2 aliphatic rings. The lowest BCUT2D eigenvalue weighted by molar-refractivity contribution is -0.126. The molecular formula is C25H39N3O. The van der Waals surface area contributed by atoms with Crippen molar-refractivity contribution in [1.29, 1.82) is 0 Å². The van der Waals surface area contributed by atoms with E-state index in [1.807, 2.05) is 6.07 Å². The minimum atomic E-state index is 0.197. The number of nitrogens with one attached hydrogen (secondary N) is 1. The Morgan fingerprint density at radius 1 is 1.07 bits per heavy atom. The van der Waals surface area contributed by atoms with Gasteiger partial charge in [-0.15, -0.1) is 0 Å². The first-order valence-corrected chi connectivity index (χ1v) is 11.6. The Morgan fingerprint density at radius 2 is 1.76 bits per heavy atom. The molecule has 1 aromatic carbocycles. The normalized spacial score (nSPS) is 20.5. The van der Waals surface area contributed by atoms with Gasteiger partial charge in [0.25, 0.3) is 0 Å². The van der Waals surface area contributed by atoms with E-state index >= 15 is 0 Å². The number of hydrogen-bond acceptors (Lipinski definition) is 3. The second-order valence-corrected chi connectivity index (χ2v) is 9.04. The van der Waals surface area contributed by atoms with Crippen LogP contribution in [0.4, 0.5) is 0 Å². The second kappa shape index (κ2) is 11.5. The predicted octanol–water partition coefficient (Wildman–Crippen LogP) is 3.73. The maximum Gasteiger partial charge on any atom is 0.223 e. The topological polar surface area (TPSA) is 35.6 Å². The largest absolute Gasteiger partial charge is 0.356 e. The summed E-state index contributed by atoms with van der Waals surface area (Å²) in [6.07, 6.45) is 10.1. The quantitative estimate of drug-likeness (QED) is 0.679. The zero-order chi connectivity index (χ0) is 20.5. The van der Waals surface area contributed by atoms with Crippen molar-refractivity contribution >= 4 is 5.91 Å². The van der Waals surface area contributed by atoms with Crippen LogP contribution in [0.15, 0.2) is 42.5 Å². The van der Waals surface area contributed by atoms with Gasteiger partial charge in [-0.3, -0.25) is 9.69 Å². The average Bonchev–Trinajstić information content (AvgIpc) is 2.75. The Labute approximate surface area is 177 Å². The van der Waals surface area contributed by atoms with Crippen molar-refractivity contribution in [3.05, 3.63) is 48.0 Å². The van der Waals surface area contributed by atoms with E-state index < -0.39 is 0 Å². The number of hydrogen-bond donors (Lipinski definition) is 1. The molecule has 0 aromatic heterocycles. The van der Waals surface area contributed by atoms with E-state index in [2.05, 4.69) is 65.4 Å². The molecule has 1 N–H and O–H groups in total. The molecule has 3 rings (SSSR count). The van der Waals surface area contributed by atoms with Crippen LogP contribution < -0.4 is 5.32 Å². The summed E-state index contributed by atoms with van der Waals surface area (Å²) in [6, 6.07) is 11.1. The summed E-state index contributed by atoms with van der Waals surface area (Å²) in [7, 11) is 0. The van der Waals surface area contributed by atoms with Crippen LogP contribution in [0.2, 0.25) is 0 Å². The highest BCUT2D eigenvalue weighted by molar-refractivity contribution is 5.78. The van der Waals surface area contributed by atoms with Crippen LogP contribution in [0.25, 0.3) is 0 Å². The van der Waals surface area contributed by atoms with E-state index in [9.17, 15) is 4.79 Å². The molecule has 0 bridgehead atoms. The third kappa shape index (κ3) is 7.27. The molecular weight excluding hydrogens is 358 g/mol. The first-order chi connectivity index (χ1) is 14.1. The van der Waals surface area contributed by atoms with Gasteiger partial charge in [0.05, 0.1) is 0 Å². The molecule has 0 saturated carbocycles. The van der Waals surface area contributed by atoms with Gasteiger partial charge in [0, 0.05) is 25.0 Å². The Morgan fingerprint density at radius 3 is 2.41 bits per heavy atom. The van der Waals surface area contributed by atoms with Crippen molar-refractivity contribution in [2.24, 2.45) is 11.8 Å². The zero-order valence-corrected chi connectivity index (χ0v) is 18.4. The number of likely N-dealkylation sites (tertiary alicyclic amines) is 2. The zero-order valence-electron chi connectivity index (χ0n) is 18.4. The molecule has 0 radical (unpaired) electrons. The van der Waals surface area contributed by atoms with Gasteiger partial charge in [-0.2, -0.15) is 0 Å².